The normalized spacial score (nSPS) is 11.1. The molecule has 4 aromatic rings. The predicted molar refractivity (Wildman–Crippen MR) is 111 cm³/mol. The van der Waals surface area contributed by atoms with Crippen molar-refractivity contribution in [3.8, 4) is 0 Å². The van der Waals surface area contributed by atoms with Crippen LogP contribution in [-0.2, 0) is 17.9 Å². The van der Waals surface area contributed by atoms with Crippen molar-refractivity contribution < 1.29 is 9.53 Å². The molecule has 11 heteroatoms. The lowest BCUT2D eigenvalue weighted by molar-refractivity contribution is 0.0468. The van der Waals surface area contributed by atoms with Crippen LogP contribution in [0.4, 0.5) is 11.9 Å². The molecule has 0 spiro atoms. The number of aromatic nitrogens is 5. The highest BCUT2D eigenvalue weighted by Crippen LogP contribution is 2.30. The molecule has 0 radical (unpaired) electrons. The maximum Gasteiger partial charge on any atom is 0.348 e. The number of nitrogen functional groups attached to an aromatic ring is 2. The van der Waals surface area contributed by atoms with E-state index in [2.05, 4.69) is 20.1 Å². The minimum Gasteiger partial charge on any atom is -0.453 e. The number of anilines is 2. The summed E-state index contributed by atoms with van der Waals surface area (Å²) in [5.41, 5.74) is 12.8. The maximum atomic E-state index is 12.5. The molecule has 9 nitrogen and oxygen atoms in total. The monoisotopic (exact) mass is 429 g/mol. The molecule has 0 unspecified atom stereocenters. The maximum absolute atomic E-state index is 12.5. The van der Waals surface area contributed by atoms with Crippen molar-refractivity contribution >= 4 is 51.0 Å². The van der Waals surface area contributed by atoms with Gasteiger partial charge in [-0.25, -0.2) is 4.79 Å². The predicted octanol–water partition coefficient (Wildman–Crippen LogP) is 2.81. The van der Waals surface area contributed by atoms with E-state index in [1.165, 1.54) is 11.3 Å². The van der Waals surface area contributed by atoms with Crippen LogP contribution in [-0.4, -0.2) is 30.7 Å². The standard InChI is InChI=1S/C18H16ClN7O2S/c1-9-11-6-13(16(27)28-8-14-22-17(20)24-18(21)23-14)29-15(11)26(25-9)7-10-4-2-3-5-12(10)19/h2-6H,7-8H2,1H3,(H4,20,21,22,23,24). The van der Waals surface area contributed by atoms with Gasteiger partial charge in [0.05, 0.1) is 12.2 Å². The van der Waals surface area contributed by atoms with Gasteiger partial charge in [-0.05, 0) is 24.6 Å². The summed E-state index contributed by atoms with van der Waals surface area (Å²) in [5.74, 6) is -0.362. The number of benzene rings is 1. The summed E-state index contributed by atoms with van der Waals surface area (Å²) in [4.78, 5) is 25.3. The summed E-state index contributed by atoms with van der Waals surface area (Å²) < 4.78 is 7.13. The van der Waals surface area contributed by atoms with Crippen LogP contribution < -0.4 is 11.5 Å². The Bertz CT molecular complexity index is 1200. The highest BCUT2D eigenvalue weighted by Gasteiger charge is 2.18. The molecule has 0 aliphatic rings. The largest absolute Gasteiger partial charge is 0.453 e. The fraction of sp³-hybridized carbons (Fsp3) is 0.167. The first-order valence-electron chi connectivity index (χ1n) is 8.54. The van der Waals surface area contributed by atoms with Gasteiger partial charge in [0, 0.05) is 10.4 Å². The Morgan fingerprint density at radius 1 is 1.21 bits per heavy atom. The fourth-order valence-electron chi connectivity index (χ4n) is 2.83. The Morgan fingerprint density at radius 3 is 2.66 bits per heavy atom. The van der Waals surface area contributed by atoms with Gasteiger partial charge in [0.25, 0.3) is 0 Å². The third-order valence-corrected chi connectivity index (χ3v) is 5.63. The second-order valence-electron chi connectivity index (χ2n) is 6.21. The summed E-state index contributed by atoms with van der Waals surface area (Å²) in [6.45, 7) is 2.24. The van der Waals surface area contributed by atoms with Crippen LogP contribution in [0, 0.1) is 6.92 Å². The quantitative estimate of drug-likeness (QED) is 0.462. The van der Waals surface area contributed by atoms with Crippen LogP contribution in [0.1, 0.15) is 26.8 Å². The van der Waals surface area contributed by atoms with Crippen molar-refractivity contribution in [3.05, 3.63) is 57.3 Å². The first-order valence-corrected chi connectivity index (χ1v) is 9.73. The fourth-order valence-corrected chi connectivity index (χ4v) is 4.08. The van der Waals surface area contributed by atoms with Gasteiger partial charge in [0.15, 0.2) is 12.4 Å². The summed E-state index contributed by atoms with van der Waals surface area (Å²) in [6, 6.07) is 9.35. The van der Waals surface area contributed by atoms with Crippen molar-refractivity contribution in [1.29, 1.82) is 0 Å². The zero-order valence-corrected chi connectivity index (χ0v) is 16.9. The van der Waals surface area contributed by atoms with Crippen LogP contribution in [0.15, 0.2) is 30.3 Å². The highest BCUT2D eigenvalue weighted by atomic mass is 35.5. The van der Waals surface area contributed by atoms with Crippen molar-refractivity contribution in [2.75, 3.05) is 11.5 Å². The average molecular weight is 430 g/mol. The molecule has 4 N–H and O–H groups in total. The molecule has 0 saturated heterocycles. The van der Waals surface area contributed by atoms with Crippen LogP contribution in [0.2, 0.25) is 5.02 Å². The van der Waals surface area contributed by atoms with Crippen LogP contribution in [0.25, 0.3) is 10.2 Å². The highest BCUT2D eigenvalue weighted by molar-refractivity contribution is 7.20. The van der Waals surface area contributed by atoms with E-state index < -0.39 is 5.97 Å². The van der Waals surface area contributed by atoms with E-state index in [-0.39, 0.29) is 24.3 Å². The van der Waals surface area contributed by atoms with Crippen LogP contribution in [0.3, 0.4) is 0 Å². The van der Waals surface area contributed by atoms with Crippen LogP contribution >= 0.6 is 22.9 Å². The van der Waals surface area contributed by atoms with Gasteiger partial charge in [-0.15, -0.1) is 11.3 Å². The van der Waals surface area contributed by atoms with E-state index in [4.69, 9.17) is 27.8 Å². The molecule has 0 bridgehead atoms. The smallest absolute Gasteiger partial charge is 0.348 e. The van der Waals surface area contributed by atoms with Gasteiger partial charge < -0.3 is 16.2 Å². The molecule has 1 aromatic carbocycles. The number of halogens is 1. The average Bonchev–Trinajstić information content (AvgIpc) is 3.22. The molecule has 29 heavy (non-hydrogen) atoms. The number of thiophene rings is 1. The summed E-state index contributed by atoms with van der Waals surface area (Å²) in [6.07, 6.45) is 0. The molecule has 0 saturated carbocycles. The number of rotatable bonds is 5. The van der Waals surface area contributed by atoms with E-state index in [0.29, 0.717) is 16.4 Å². The van der Waals surface area contributed by atoms with E-state index >= 15 is 0 Å². The zero-order chi connectivity index (χ0) is 20.5. The van der Waals surface area contributed by atoms with Gasteiger partial charge in [-0.2, -0.15) is 20.1 Å². The second-order valence-corrected chi connectivity index (χ2v) is 7.65. The van der Waals surface area contributed by atoms with E-state index in [9.17, 15) is 4.79 Å². The van der Waals surface area contributed by atoms with E-state index in [1.807, 2.05) is 35.9 Å². The molecule has 0 aliphatic carbocycles. The summed E-state index contributed by atoms with van der Waals surface area (Å²) in [5, 5.41) is 6.12. The Labute approximate surface area is 174 Å². The van der Waals surface area contributed by atoms with Gasteiger partial charge in [-0.1, -0.05) is 29.8 Å². The molecule has 0 amide bonds. The van der Waals surface area contributed by atoms with Crippen molar-refractivity contribution in [3.63, 3.8) is 0 Å². The number of esters is 1. The number of aryl methyl sites for hydroxylation is 1. The SMILES string of the molecule is Cc1nn(Cc2ccccc2Cl)c2sc(C(=O)OCc3nc(N)nc(N)n3)cc12. The second kappa shape index (κ2) is 7.64. The lowest BCUT2D eigenvalue weighted by Crippen LogP contribution is -2.10. The molecule has 4 rings (SSSR count). The Kier molecular flexibility index (Phi) is 5.03. The van der Waals surface area contributed by atoms with E-state index in [0.717, 1.165) is 21.5 Å². The minimum atomic E-state index is -0.493. The molecular formula is C18H16ClN7O2S. The van der Waals surface area contributed by atoms with Crippen LogP contribution in [0.5, 0.6) is 0 Å². The molecule has 148 valence electrons. The lowest BCUT2D eigenvalue weighted by atomic mass is 10.2. The minimum absolute atomic E-state index is 0.0271. The third-order valence-electron chi connectivity index (χ3n) is 4.14. The van der Waals surface area contributed by atoms with E-state index in [1.54, 1.807) is 6.07 Å². The molecular weight excluding hydrogens is 414 g/mol. The number of ether oxygens (including phenoxy) is 1. The van der Waals surface area contributed by atoms with Crippen molar-refractivity contribution in [2.24, 2.45) is 0 Å². The number of nitrogens with two attached hydrogens (primary N) is 2. The molecule has 3 heterocycles. The number of fused-ring (bicyclic) bond motifs is 1. The van der Waals surface area contributed by atoms with Crippen molar-refractivity contribution in [2.45, 2.75) is 20.1 Å². The summed E-state index contributed by atoms with van der Waals surface area (Å²) >= 11 is 7.56. The number of carbonyl (C=O) groups is 1. The summed E-state index contributed by atoms with van der Waals surface area (Å²) in [7, 11) is 0. The molecule has 0 fully saturated rings. The Morgan fingerprint density at radius 2 is 1.93 bits per heavy atom. The first kappa shape index (κ1) is 19.1. The lowest BCUT2D eigenvalue weighted by Gasteiger charge is -2.05. The number of carbonyl (C=O) groups excluding carboxylic acids is 1. The Balaban J connectivity index is 1.55. The topological polar surface area (TPSA) is 135 Å². The van der Waals surface area contributed by atoms with Gasteiger partial charge >= 0.3 is 5.97 Å². The first-order chi connectivity index (χ1) is 13.9. The van der Waals surface area contributed by atoms with Gasteiger partial charge in [-0.3, -0.25) is 4.68 Å². The molecule has 0 atom stereocenters. The van der Waals surface area contributed by atoms with Crippen molar-refractivity contribution in [1.82, 2.24) is 24.7 Å². The molecule has 0 aliphatic heterocycles. The number of hydrogen-bond acceptors (Lipinski definition) is 9. The third kappa shape index (κ3) is 3.98. The van der Waals surface area contributed by atoms with Gasteiger partial charge in [0.1, 0.15) is 9.71 Å². The Hall–Kier alpha value is -3.24. The number of hydrogen-bond donors (Lipinski definition) is 2. The zero-order valence-electron chi connectivity index (χ0n) is 15.3. The molecule has 3 aromatic heterocycles. The number of nitrogens with zero attached hydrogens (tertiary/aromatic N) is 5. The van der Waals surface area contributed by atoms with Gasteiger partial charge in [0.2, 0.25) is 11.9 Å².